The van der Waals surface area contributed by atoms with Crippen LogP contribution in [0.5, 0.6) is 0 Å². The van der Waals surface area contributed by atoms with Gasteiger partial charge in [0.25, 0.3) is 0 Å². The van der Waals surface area contributed by atoms with Crippen molar-refractivity contribution in [2.75, 3.05) is 13.2 Å². The normalized spacial score (nSPS) is 12.3. The van der Waals surface area contributed by atoms with Crippen LogP contribution in [0, 0.1) is 0 Å². The Kier molecular flexibility index (Phi) is 61.7. The van der Waals surface area contributed by atoms with Crippen molar-refractivity contribution in [2.45, 2.75) is 361 Å². The molecule has 6 nitrogen and oxygen atoms in total. The number of rotatable bonds is 61. The number of carbonyl (C=O) groups excluding carboxylic acids is 3. The van der Waals surface area contributed by atoms with Crippen LogP contribution in [0.15, 0.2) is 48.6 Å². The molecule has 6 heteroatoms. The average molecular weight is 1050 g/mol. The third-order valence-electron chi connectivity index (χ3n) is 14.8. The van der Waals surface area contributed by atoms with Crippen LogP contribution in [0.25, 0.3) is 0 Å². The Labute approximate surface area is 467 Å². The molecule has 0 aliphatic rings. The number of esters is 3. The molecule has 0 aromatic carbocycles. The number of carbonyl (C=O) groups is 3. The first kappa shape index (κ1) is 72.4. The van der Waals surface area contributed by atoms with Crippen molar-refractivity contribution in [3.05, 3.63) is 48.6 Å². The highest BCUT2D eigenvalue weighted by atomic mass is 16.6. The first-order valence-electron chi connectivity index (χ1n) is 33.1. The van der Waals surface area contributed by atoms with Crippen molar-refractivity contribution in [3.8, 4) is 0 Å². The molecule has 0 bridgehead atoms. The van der Waals surface area contributed by atoms with Crippen molar-refractivity contribution < 1.29 is 28.6 Å². The fourth-order valence-corrected chi connectivity index (χ4v) is 9.79. The van der Waals surface area contributed by atoms with Gasteiger partial charge in [0.15, 0.2) is 6.10 Å². The van der Waals surface area contributed by atoms with Gasteiger partial charge in [-0.1, -0.05) is 307 Å². The van der Waals surface area contributed by atoms with E-state index < -0.39 is 6.10 Å². The zero-order chi connectivity index (χ0) is 54.3. The number of allylic oxidation sites excluding steroid dienone is 8. The van der Waals surface area contributed by atoms with Gasteiger partial charge < -0.3 is 14.2 Å². The van der Waals surface area contributed by atoms with Crippen molar-refractivity contribution in [2.24, 2.45) is 0 Å². The average Bonchev–Trinajstić information content (AvgIpc) is 3.41. The predicted molar refractivity (Wildman–Crippen MR) is 325 cm³/mol. The molecule has 0 amide bonds. The van der Waals surface area contributed by atoms with E-state index in [1.165, 1.54) is 225 Å². The zero-order valence-corrected chi connectivity index (χ0v) is 50.3. The Morgan fingerprint density at radius 1 is 0.267 bits per heavy atom. The van der Waals surface area contributed by atoms with Gasteiger partial charge in [-0.25, -0.2) is 0 Å². The van der Waals surface area contributed by atoms with Crippen molar-refractivity contribution >= 4 is 17.9 Å². The smallest absolute Gasteiger partial charge is 0.306 e. The summed E-state index contributed by atoms with van der Waals surface area (Å²) >= 11 is 0. The summed E-state index contributed by atoms with van der Waals surface area (Å²) in [5.74, 6) is -0.868. The summed E-state index contributed by atoms with van der Waals surface area (Å²) < 4.78 is 16.9. The molecular formula is C69H126O6. The second kappa shape index (κ2) is 63.9. The van der Waals surface area contributed by atoms with Gasteiger partial charge in [-0.2, -0.15) is 0 Å². The van der Waals surface area contributed by atoms with E-state index in [1.54, 1.807) is 0 Å². The van der Waals surface area contributed by atoms with Crippen LogP contribution in [0.3, 0.4) is 0 Å². The topological polar surface area (TPSA) is 78.9 Å². The molecule has 0 aromatic heterocycles. The molecule has 0 saturated heterocycles. The number of ether oxygens (including phenoxy) is 3. The Hall–Kier alpha value is -2.63. The Bertz CT molecular complexity index is 1300. The highest BCUT2D eigenvalue weighted by Crippen LogP contribution is 2.18. The second-order valence-electron chi connectivity index (χ2n) is 22.4. The van der Waals surface area contributed by atoms with E-state index in [1.807, 2.05) is 0 Å². The minimum absolute atomic E-state index is 0.0740. The predicted octanol–water partition coefficient (Wildman–Crippen LogP) is 22.6. The van der Waals surface area contributed by atoms with Crippen LogP contribution >= 0.6 is 0 Å². The summed E-state index contributed by atoms with van der Waals surface area (Å²) in [6.07, 6.45) is 80.0. The lowest BCUT2D eigenvalue weighted by Gasteiger charge is -2.18. The van der Waals surface area contributed by atoms with Gasteiger partial charge in [-0.15, -0.1) is 0 Å². The zero-order valence-electron chi connectivity index (χ0n) is 50.3. The van der Waals surface area contributed by atoms with Crippen LogP contribution < -0.4 is 0 Å². The van der Waals surface area contributed by atoms with E-state index in [0.717, 1.165) is 89.9 Å². The van der Waals surface area contributed by atoms with E-state index in [9.17, 15) is 14.4 Å². The van der Waals surface area contributed by atoms with Crippen LogP contribution in [-0.4, -0.2) is 37.2 Å². The monoisotopic (exact) mass is 1050 g/mol. The highest BCUT2D eigenvalue weighted by Gasteiger charge is 2.19. The molecule has 0 saturated carbocycles. The van der Waals surface area contributed by atoms with E-state index >= 15 is 0 Å². The molecule has 1 unspecified atom stereocenters. The molecule has 0 radical (unpaired) electrons. The summed E-state index contributed by atoms with van der Waals surface area (Å²) in [5.41, 5.74) is 0. The molecule has 0 spiro atoms. The lowest BCUT2D eigenvalue weighted by atomic mass is 10.0. The maximum Gasteiger partial charge on any atom is 0.306 e. The molecule has 0 aromatic rings. The van der Waals surface area contributed by atoms with E-state index in [2.05, 4.69) is 69.4 Å². The minimum Gasteiger partial charge on any atom is -0.462 e. The summed E-state index contributed by atoms with van der Waals surface area (Å²) in [7, 11) is 0. The Balaban J connectivity index is 4.11. The molecule has 0 heterocycles. The minimum atomic E-state index is -0.777. The quantitative estimate of drug-likeness (QED) is 0.0261. The molecule has 75 heavy (non-hydrogen) atoms. The SMILES string of the molecule is CCCC/C=C\C/C=C\CCCCCCCC(=O)OC(COC(=O)CCCCCCCCCCCCCC)COC(=O)CCCCCCCCCCCCCCCCCCCCC/C=C\C/C=C\CCCCCCC. The molecule has 1 atom stereocenters. The Morgan fingerprint density at radius 3 is 0.773 bits per heavy atom. The van der Waals surface area contributed by atoms with Crippen molar-refractivity contribution in [3.63, 3.8) is 0 Å². The summed E-state index contributed by atoms with van der Waals surface area (Å²) in [5, 5.41) is 0. The lowest BCUT2D eigenvalue weighted by Crippen LogP contribution is -2.30. The van der Waals surface area contributed by atoms with Crippen LogP contribution in [0.1, 0.15) is 355 Å². The van der Waals surface area contributed by atoms with Crippen LogP contribution in [0.2, 0.25) is 0 Å². The first-order valence-corrected chi connectivity index (χ1v) is 33.1. The standard InChI is InChI=1S/C69H126O6/c1-4-7-10-13-16-19-22-25-27-28-29-30-31-32-33-34-35-36-37-38-39-40-41-42-43-45-47-50-53-56-59-62-68(71)74-65-66(64-73-67(70)61-58-55-52-49-46-24-21-18-15-12-9-6-3)75-69(72)63-60-57-54-51-48-44-26-23-20-17-14-11-8-5-2/h14,17,22-23,25-26,28-29,66H,4-13,15-16,18-21,24,27,30-65H2,1-3H3/b17-14-,25-22-,26-23-,29-28-. The summed E-state index contributed by atoms with van der Waals surface area (Å²) in [4.78, 5) is 38.2. The molecule has 0 fully saturated rings. The lowest BCUT2D eigenvalue weighted by molar-refractivity contribution is -0.167. The largest absolute Gasteiger partial charge is 0.462 e. The van der Waals surface area contributed by atoms with E-state index in [4.69, 9.17) is 14.2 Å². The molecular weight excluding hydrogens is 925 g/mol. The number of unbranched alkanes of at least 4 members (excludes halogenated alkanes) is 42. The third kappa shape index (κ3) is 62.1. The highest BCUT2D eigenvalue weighted by molar-refractivity contribution is 5.71. The molecule has 0 N–H and O–H groups in total. The molecule has 438 valence electrons. The summed E-state index contributed by atoms with van der Waals surface area (Å²) in [6, 6.07) is 0. The van der Waals surface area contributed by atoms with Gasteiger partial charge in [0.2, 0.25) is 0 Å². The molecule has 0 aliphatic carbocycles. The second-order valence-corrected chi connectivity index (χ2v) is 22.4. The van der Waals surface area contributed by atoms with Gasteiger partial charge in [0, 0.05) is 19.3 Å². The fraction of sp³-hybridized carbons (Fsp3) is 0.841. The van der Waals surface area contributed by atoms with Crippen molar-refractivity contribution in [1.82, 2.24) is 0 Å². The van der Waals surface area contributed by atoms with Crippen LogP contribution in [0.4, 0.5) is 0 Å². The fourth-order valence-electron chi connectivity index (χ4n) is 9.79. The van der Waals surface area contributed by atoms with Gasteiger partial charge in [-0.05, 0) is 77.0 Å². The first-order chi connectivity index (χ1) is 37.0. The van der Waals surface area contributed by atoms with Gasteiger partial charge in [0.1, 0.15) is 13.2 Å². The maximum absolute atomic E-state index is 12.9. The van der Waals surface area contributed by atoms with E-state index in [0.29, 0.717) is 19.3 Å². The number of hydrogen-bond donors (Lipinski definition) is 0. The van der Waals surface area contributed by atoms with Crippen molar-refractivity contribution in [1.29, 1.82) is 0 Å². The van der Waals surface area contributed by atoms with Gasteiger partial charge in [0.05, 0.1) is 0 Å². The Morgan fingerprint density at radius 2 is 0.493 bits per heavy atom. The molecule has 0 rings (SSSR count). The maximum atomic E-state index is 12.9. The van der Waals surface area contributed by atoms with Crippen LogP contribution in [-0.2, 0) is 28.6 Å². The van der Waals surface area contributed by atoms with Gasteiger partial charge in [-0.3, -0.25) is 14.4 Å². The summed E-state index contributed by atoms with van der Waals surface area (Å²) in [6.45, 7) is 6.62. The number of hydrogen-bond acceptors (Lipinski definition) is 6. The van der Waals surface area contributed by atoms with E-state index in [-0.39, 0.29) is 31.1 Å². The third-order valence-corrected chi connectivity index (χ3v) is 14.8. The van der Waals surface area contributed by atoms with Gasteiger partial charge >= 0.3 is 17.9 Å². The molecule has 0 aliphatic heterocycles.